The average molecular weight is 475 g/mol. The summed E-state index contributed by atoms with van der Waals surface area (Å²) in [6.07, 6.45) is 1.18. The molecule has 0 saturated heterocycles. The number of hydrogen-bond donors (Lipinski definition) is 1. The van der Waals surface area contributed by atoms with E-state index in [0.717, 1.165) is 42.7 Å². The molecular formula is C25H25F3N2O2S. The molecule has 1 saturated carbocycles. The molecule has 0 aromatic heterocycles. The Hall–Kier alpha value is -2.74. The average Bonchev–Trinajstić information content (AvgIpc) is 2.78. The Balaban J connectivity index is 1.54. The van der Waals surface area contributed by atoms with Crippen LogP contribution < -0.4 is 10.2 Å². The van der Waals surface area contributed by atoms with E-state index in [9.17, 15) is 22.8 Å². The van der Waals surface area contributed by atoms with Crippen molar-refractivity contribution in [3.05, 3.63) is 64.6 Å². The maximum Gasteiger partial charge on any atom is 0.416 e. The van der Waals surface area contributed by atoms with Gasteiger partial charge in [0.05, 0.1) is 16.2 Å². The number of alkyl halides is 3. The van der Waals surface area contributed by atoms with Crippen LogP contribution in [0, 0.1) is 5.92 Å². The fourth-order valence-corrected chi connectivity index (χ4v) is 5.22. The lowest BCUT2D eigenvalue weighted by atomic mass is 9.87. The summed E-state index contributed by atoms with van der Waals surface area (Å²) in [5, 5.41) is 3.06. The molecule has 174 valence electrons. The number of hydrogen-bond acceptors (Lipinski definition) is 3. The number of thioether (sulfide) groups is 1. The van der Waals surface area contributed by atoms with Gasteiger partial charge in [0.2, 0.25) is 5.91 Å². The van der Waals surface area contributed by atoms with Gasteiger partial charge in [-0.05, 0) is 67.5 Å². The van der Waals surface area contributed by atoms with Gasteiger partial charge in [0.1, 0.15) is 6.54 Å². The summed E-state index contributed by atoms with van der Waals surface area (Å²) in [6.45, 7) is 2.11. The van der Waals surface area contributed by atoms with Gasteiger partial charge in [-0.15, -0.1) is 0 Å². The molecule has 8 heteroatoms. The van der Waals surface area contributed by atoms with E-state index in [4.69, 9.17) is 0 Å². The van der Waals surface area contributed by atoms with Gasteiger partial charge < -0.3 is 5.32 Å². The van der Waals surface area contributed by atoms with Crippen molar-refractivity contribution in [3.8, 4) is 0 Å². The largest absolute Gasteiger partial charge is 0.416 e. The molecule has 4 nitrogen and oxygen atoms in total. The summed E-state index contributed by atoms with van der Waals surface area (Å²) in [5.41, 5.74) is 0.400. The molecule has 1 N–H and O–H groups in total. The maximum atomic E-state index is 13.3. The molecule has 0 unspecified atom stereocenters. The summed E-state index contributed by atoms with van der Waals surface area (Å²) >= 11 is 1.25. The van der Waals surface area contributed by atoms with E-state index in [1.165, 1.54) is 28.8 Å². The number of nitrogens with one attached hydrogen (secondary N) is 1. The topological polar surface area (TPSA) is 49.4 Å². The van der Waals surface area contributed by atoms with Crippen LogP contribution in [0.5, 0.6) is 0 Å². The molecule has 2 amide bonds. The van der Waals surface area contributed by atoms with Gasteiger partial charge in [0.25, 0.3) is 5.91 Å². The molecule has 2 aliphatic rings. The molecule has 0 bridgehead atoms. The number of anilines is 1. The lowest BCUT2D eigenvalue weighted by Gasteiger charge is -2.31. The highest BCUT2D eigenvalue weighted by Crippen LogP contribution is 2.42. The predicted octanol–water partition coefficient (Wildman–Crippen LogP) is 5.88. The zero-order chi connectivity index (χ0) is 23.6. The number of carbonyl (C=O) groups is 2. The lowest BCUT2D eigenvalue weighted by molar-refractivity contribution is -0.137. The zero-order valence-corrected chi connectivity index (χ0v) is 19.0. The first-order valence-electron chi connectivity index (χ1n) is 11.0. The van der Waals surface area contributed by atoms with Crippen molar-refractivity contribution in [2.24, 2.45) is 5.92 Å². The molecule has 2 aromatic rings. The van der Waals surface area contributed by atoms with Crippen LogP contribution in [0.15, 0.2) is 58.3 Å². The van der Waals surface area contributed by atoms with Crippen molar-refractivity contribution < 1.29 is 22.8 Å². The van der Waals surface area contributed by atoms with Crippen LogP contribution in [-0.4, -0.2) is 24.4 Å². The Labute approximate surface area is 195 Å². The first-order chi connectivity index (χ1) is 15.7. The van der Waals surface area contributed by atoms with Gasteiger partial charge >= 0.3 is 6.18 Å². The molecule has 0 spiro atoms. The quantitative estimate of drug-likeness (QED) is 0.563. The number of rotatable bonds is 4. The van der Waals surface area contributed by atoms with Crippen molar-refractivity contribution in [1.82, 2.24) is 5.32 Å². The SMILES string of the molecule is CC1CCC(NC(=O)CN2C(=O)C(=Cc3ccc(C(F)(F)F)cc3)Sc3ccccc32)CC1. The predicted molar refractivity (Wildman–Crippen MR) is 124 cm³/mol. The van der Waals surface area contributed by atoms with Crippen LogP contribution in [-0.2, 0) is 15.8 Å². The Morgan fingerprint density at radius 2 is 1.76 bits per heavy atom. The van der Waals surface area contributed by atoms with Gasteiger partial charge in [-0.3, -0.25) is 14.5 Å². The number of halogens is 3. The van der Waals surface area contributed by atoms with Crippen molar-refractivity contribution >= 4 is 35.3 Å². The fourth-order valence-electron chi connectivity index (χ4n) is 4.16. The number of carbonyl (C=O) groups excluding carboxylic acids is 2. The summed E-state index contributed by atoms with van der Waals surface area (Å²) in [6, 6.07) is 12.1. The third kappa shape index (κ3) is 5.61. The first kappa shape index (κ1) is 23.4. The highest BCUT2D eigenvalue weighted by atomic mass is 32.2. The number of amides is 2. The molecule has 1 heterocycles. The molecule has 4 rings (SSSR count). The van der Waals surface area contributed by atoms with Gasteiger partial charge in [0, 0.05) is 10.9 Å². The first-order valence-corrected chi connectivity index (χ1v) is 11.8. The monoisotopic (exact) mass is 474 g/mol. The van der Waals surface area contributed by atoms with Crippen molar-refractivity contribution in [2.45, 2.75) is 49.7 Å². The molecule has 33 heavy (non-hydrogen) atoms. The molecule has 0 radical (unpaired) electrons. The van der Waals surface area contributed by atoms with E-state index in [0.29, 0.717) is 22.1 Å². The molecule has 1 aliphatic heterocycles. The zero-order valence-electron chi connectivity index (χ0n) is 18.2. The van der Waals surface area contributed by atoms with E-state index in [1.807, 2.05) is 18.2 Å². The number of fused-ring (bicyclic) bond motifs is 1. The van der Waals surface area contributed by atoms with Crippen molar-refractivity contribution in [1.29, 1.82) is 0 Å². The third-order valence-electron chi connectivity index (χ3n) is 6.05. The Morgan fingerprint density at radius 3 is 2.42 bits per heavy atom. The summed E-state index contributed by atoms with van der Waals surface area (Å²) in [5.74, 6) is 0.119. The van der Waals surface area contributed by atoms with E-state index >= 15 is 0 Å². The molecular weight excluding hydrogens is 449 g/mol. The van der Waals surface area contributed by atoms with E-state index < -0.39 is 11.7 Å². The summed E-state index contributed by atoms with van der Waals surface area (Å²) < 4.78 is 38.5. The summed E-state index contributed by atoms with van der Waals surface area (Å²) in [7, 11) is 0. The normalized spacial score (nSPS) is 22.2. The van der Waals surface area contributed by atoms with Crippen molar-refractivity contribution in [3.63, 3.8) is 0 Å². The minimum absolute atomic E-state index is 0.104. The van der Waals surface area contributed by atoms with E-state index in [2.05, 4.69) is 12.2 Å². The molecule has 0 atom stereocenters. The maximum absolute atomic E-state index is 13.3. The molecule has 2 aromatic carbocycles. The van der Waals surface area contributed by atoms with Crippen LogP contribution in [0.3, 0.4) is 0 Å². The smallest absolute Gasteiger partial charge is 0.352 e. The lowest BCUT2D eigenvalue weighted by Crippen LogP contribution is -2.46. The summed E-state index contributed by atoms with van der Waals surface area (Å²) in [4.78, 5) is 28.7. The van der Waals surface area contributed by atoms with Crippen LogP contribution >= 0.6 is 11.8 Å². The van der Waals surface area contributed by atoms with Gasteiger partial charge in [-0.2, -0.15) is 13.2 Å². The second-order valence-corrected chi connectivity index (χ2v) is 9.70. The van der Waals surface area contributed by atoms with E-state index in [1.54, 1.807) is 12.1 Å². The van der Waals surface area contributed by atoms with Crippen molar-refractivity contribution in [2.75, 3.05) is 11.4 Å². The Morgan fingerprint density at radius 1 is 1.09 bits per heavy atom. The minimum atomic E-state index is -4.42. The highest BCUT2D eigenvalue weighted by molar-refractivity contribution is 8.04. The number of benzene rings is 2. The standard InChI is InChI=1S/C25H25F3N2O2S/c1-16-6-12-19(13-7-16)29-23(31)15-30-20-4-2-3-5-21(20)33-22(24(30)32)14-17-8-10-18(11-9-17)25(26,27)28/h2-5,8-11,14,16,19H,6-7,12-13,15H2,1H3,(H,29,31). The van der Waals surface area contributed by atoms with Crippen LogP contribution in [0.4, 0.5) is 18.9 Å². The Kier molecular flexibility index (Phi) is 6.83. The van der Waals surface area contributed by atoms with Gasteiger partial charge in [0.15, 0.2) is 0 Å². The molecule has 1 aliphatic carbocycles. The fraction of sp³-hybridized carbons (Fsp3) is 0.360. The second kappa shape index (κ2) is 9.63. The third-order valence-corrected chi connectivity index (χ3v) is 7.13. The van der Waals surface area contributed by atoms with Gasteiger partial charge in [-0.25, -0.2) is 0 Å². The second-order valence-electron chi connectivity index (χ2n) is 8.61. The van der Waals surface area contributed by atoms with E-state index in [-0.39, 0.29) is 24.4 Å². The molecule has 1 fully saturated rings. The number of para-hydroxylation sites is 1. The van der Waals surface area contributed by atoms with Crippen LogP contribution in [0.2, 0.25) is 0 Å². The van der Waals surface area contributed by atoms with Crippen LogP contribution in [0.25, 0.3) is 6.08 Å². The minimum Gasteiger partial charge on any atom is -0.352 e. The van der Waals surface area contributed by atoms with Crippen LogP contribution in [0.1, 0.15) is 43.7 Å². The Bertz CT molecular complexity index is 1060. The highest BCUT2D eigenvalue weighted by Gasteiger charge is 2.32. The van der Waals surface area contributed by atoms with Gasteiger partial charge in [-0.1, -0.05) is 43.0 Å². The number of nitrogens with zero attached hydrogens (tertiary/aromatic N) is 1.